The Morgan fingerprint density at radius 1 is 1.04 bits per heavy atom. The van der Waals surface area contributed by atoms with Crippen LogP contribution in [0.4, 0.5) is 11.8 Å². The number of rotatable bonds is 5. The number of carbonyl (C=O) groups excluding carboxylic acids is 1. The fourth-order valence-corrected chi connectivity index (χ4v) is 2.65. The van der Waals surface area contributed by atoms with Crippen molar-refractivity contribution in [3.8, 4) is 0 Å². The summed E-state index contributed by atoms with van der Waals surface area (Å²) in [6, 6.07) is 9.85. The van der Waals surface area contributed by atoms with Crippen molar-refractivity contribution in [2.45, 2.75) is 6.54 Å². The molecule has 136 valence electrons. The molecule has 3 rings (SSSR count). The van der Waals surface area contributed by atoms with Gasteiger partial charge in [0.05, 0.1) is 13.7 Å². The highest BCUT2D eigenvalue weighted by atomic mass is 16.5. The number of ether oxygens (including phenoxy) is 1. The number of esters is 1. The van der Waals surface area contributed by atoms with Gasteiger partial charge in [-0.2, -0.15) is 9.97 Å². The fraction of sp³-hybridized carbons (Fsp3) is 0.333. The molecule has 0 spiro atoms. The van der Waals surface area contributed by atoms with E-state index in [0.29, 0.717) is 29.5 Å². The van der Waals surface area contributed by atoms with Gasteiger partial charge in [0, 0.05) is 28.2 Å². The molecule has 0 aliphatic rings. The average molecular weight is 354 g/mol. The van der Waals surface area contributed by atoms with Crippen LogP contribution in [0, 0.1) is 0 Å². The van der Waals surface area contributed by atoms with Gasteiger partial charge in [0.2, 0.25) is 11.8 Å². The Labute approximate surface area is 152 Å². The Hall–Kier alpha value is -3.16. The summed E-state index contributed by atoms with van der Waals surface area (Å²) >= 11 is 0. The minimum atomic E-state index is -0.505. The molecule has 8 nitrogen and oxygen atoms in total. The molecule has 0 amide bonds. The van der Waals surface area contributed by atoms with E-state index in [9.17, 15) is 4.79 Å². The number of fused-ring (bicyclic) bond motifs is 1. The molecular formula is C18H22N6O2. The van der Waals surface area contributed by atoms with Gasteiger partial charge < -0.3 is 14.5 Å². The first kappa shape index (κ1) is 17.7. The first-order chi connectivity index (χ1) is 12.4. The molecular weight excluding hydrogens is 332 g/mol. The van der Waals surface area contributed by atoms with Gasteiger partial charge in [-0.15, -0.1) is 0 Å². The van der Waals surface area contributed by atoms with Crippen molar-refractivity contribution in [1.29, 1.82) is 0 Å². The van der Waals surface area contributed by atoms with Gasteiger partial charge in [0.25, 0.3) is 0 Å². The largest absolute Gasteiger partial charge is 0.463 e. The van der Waals surface area contributed by atoms with Gasteiger partial charge in [-0.05, 0) is 5.56 Å². The maximum atomic E-state index is 12.3. The number of aromatic nitrogens is 4. The number of benzene rings is 1. The molecule has 0 aliphatic heterocycles. The smallest absolute Gasteiger partial charge is 0.374 e. The molecule has 0 fully saturated rings. The van der Waals surface area contributed by atoms with E-state index >= 15 is 0 Å². The van der Waals surface area contributed by atoms with Crippen LogP contribution in [0.3, 0.4) is 0 Å². The van der Waals surface area contributed by atoms with Gasteiger partial charge in [-0.1, -0.05) is 30.3 Å². The third-order valence-corrected chi connectivity index (χ3v) is 3.94. The number of hydrogen-bond acceptors (Lipinski definition) is 7. The minimum Gasteiger partial charge on any atom is -0.463 e. The Kier molecular flexibility index (Phi) is 4.75. The first-order valence-corrected chi connectivity index (χ1v) is 8.17. The number of imidazole rings is 1. The fourth-order valence-electron chi connectivity index (χ4n) is 2.65. The Balaban J connectivity index is 2.29. The highest BCUT2D eigenvalue weighted by Gasteiger charge is 2.24. The van der Waals surface area contributed by atoms with E-state index in [1.807, 2.05) is 68.3 Å². The van der Waals surface area contributed by atoms with Gasteiger partial charge >= 0.3 is 5.97 Å². The number of hydrogen-bond donors (Lipinski definition) is 0. The van der Waals surface area contributed by atoms with Crippen LogP contribution in [0.1, 0.15) is 16.2 Å². The van der Waals surface area contributed by atoms with Crippen molar-refractivity contribution in [1.82, 2.24) is 19.5 Å². The Morgan fingerprint density at radius 3 is 2.31 bits per heavy atom. The van der Waals surface area contributed by atoms with Crippen molar-refractivity contribution < 1.29 is 9.53 Å². The normalized spacial score (nSPS) is 10.8. The third-order valence-electron chi connectivity index (χ3n) is 3.94. The standard InChI is InChI=1S/C18H22N6O2/c1-22(2)14-13-15(21-18(20-14)23(3)4)24(16(19-13)17(25)26-5)11-12-9-7-6-8-10-12/h6-10H,11H2,1-5H3. The van der Waals surface area contributed by atoms with E-state index in [2.05, 4.69) is 15.0 Å². The monoisotopic (exact) mass is 354 g/mol. The second-order valence-corrected chi connectivity index (χ2v) is 6.31. The van der Waals surface area contributed by atoms with Crippen LogP contribution in [0.15, 0.2) is 30.3 Å². The predicted octanol–water partition coefficient (Wildman–Crippen LogP) is 1.79. The Morgan fingerprint density at radius 2 is 1.73 bits per heavy atom. The average Bonchev–Trinajstić information content (AvgIpc) is 2.99. The zero-order chi connectivity index (χ0) is 18.8. The predicted molar refractivity (Wildman–Crippen MR) is 101 cm³/mol. The first-order valence-electron chi connectivity index (χ1n) is 8.17. The lowest BCUT2D eigenvalue weighted by molar-refractivity contribution is 0.0582. The zero-order valence-electron chi connectivity index (χ0n) is 15.6. The van der Waals surface area contributed by atoms with Crippen molar-refractivity contribution >= 4 is 28.9 Å². The molecule has 0 radical (unpaired) electrons. The Bertz CT molecular complexity index is 934. The van der Waals surface area contributed by atoms with E-state index in [4.69, 9.17) is 4.74 Å². The van der Waals surface area contributed by atoms with Gasteiger partial charge in [-0.3, -0.25) is 4.57 Å². The summed E-state index contributed by atoms with van der Waals surface area (Å²) in [6.45, 7) is 0.457. The molecule has 0 saturated heterocycles. The molecule has 0 atom stereocenters. The van der Waals surface area contributed by atoms with Gasteiger partial charge in [0.15, 0.2) is 17.0 Å². The van der Waals surface area contributed by atoms with Crippen LogP contribution < -0.4 is 9.80 Å². The van der Waals surface area contributed by atoms with E-state index in [-0.39, 0.29) is 5.82 Å². The topological polar surface area (TPSA) is 76.4 Å². The van der Waals surface area contributed by atoms with Crippen LogP contribution in [-0.2, 0) is 11.3 Å². The second kappa shape index (κ2) is 6.99. The molecule has 2 aromatic heterocycles. The second-order valence-electron chi connectivity index (χ2n) is 6.31. The summed E-state index contributed by atoms with van der Waals surface area (Å²) in [4.78, 5) is 29.7. The number of anilines is 2. The molecule has 0 unspecified atom stereocenters. The maximum Gasteiger partial charge on any atom is 0.374 e. The molecule has 0 aliphatic carbocycles. The molecule has 8 heteroatoms. The van der Waals surface area contributed by atoms with Gasteiger partial charge in [-0.25, -0.2) is 9.78 Å². The van der Waals surface area contributed by atoms with E-state index < -0.39 is 5.97 Å². The molecule has 0 bridgehead atoms. The van der Waals surface area contributed by atoms with Crippen molar-refractivity contribution in [2.24, 2.45) is 0 Å². The molecule has 0 N–H and O–H groups in total. The molecule has 2 heterocycles. The number of carbonyl (C=O) groups is 1. The molecule has 0 saturated carbocycles. The van der Waals surface area contributed by atoms with E-state index in [1.165, 1.54) is 7.11 Å². The number of nitrogens with zero attached hydrogens (tertiary/aromatic N) is 6. The van der Waals surface area contributed by atoms with Crippen LogP contribution in [0.2, 0.25) is 0 Å². The number of methoxy groups -OCH3 is 1. The summed E-state index contributed by atoms with van der Waals surface area (Å²) in [5, 5.41) is 0. The van der Waals surface area contributed by atoms with E-state index in [0.717, 1.165) is 5.56 Å². The van der Waals surface area contributed by atoms with Crippen molar-refractivity contribution in [3.63, 3.8) is 0 Å². The van der Waals surface area contributed by atoms with Crippen molar-refractivity contribution in [2.75, 3.05) is 45.1 Å². The maximum absolute atomic E-state index is 12.3. The lowest BCUT2D eigenvalue weighted by atomic mass is 10.2. The summed E-state index contributed by atoms with van der Waals surface area (Å²) in [5.74, 6) is 0.900. The van der Waals surface area contributed by atoms with E-state index in [1.54, 1.807) is 4.57 Å². The molecule has 26 heavy (non-hydrogen) atoms. The highest BCUT2D eigenvalue weighted by Crippen LogP contribution is 2.26. The lowest BCUT2D eigenvalue weighted by Crippen LogP contribution is -2.18. The lowest BCUT2D eigenvalue weighted by Gasteiger charge is -2.16. The van der Waals surface area contributed by atoms with Crippen molar-refractivity contribution in [3.05, 3.63) is 41.7 Å². The van der Waals surface area contributed by atoms with Crippen LogP contribution in [0.5, 0.6) is 0 Å². The van der Waals surface area contributed by atoms with Gasteiger partial charge in [0.1, 0.15) is 0 Å². The molecule has 3 aromatic rings. The quantitative estimate of drug-likeness (QED) is 0.647. The van der Waals surface area contributed by atoms with Crippen LogP contribution >= 0.6 is 0 Å². The summed E-state index contributed by atoms with van der Waals surface area (Å²) in [7, 11) is 8.86. The van der Waals surface area contributed by atoms with Crippen LogP contribution in [-0.4, -0.2) is 60.8 Å². The third kappa shape index (κ3) is 3.17. The highest BCUT2D eigenvalue weighted by molar-refractivity contribution is 5.93. The minimum absolute atomic E-state index is 0.208. The van der Waals surface area contributed by atoms with Crippen LogP contribution in [0.25, 0.3) is 11.2 Å². The summed E-state index contributed by atoms with van der Waals surface area (Å²) < 4.78 is 6.70. The zero-order valence-corrected chi connectivity index (χ0v) is 15.6. The summed E-state index contributed by atoms with van der Waals surface area (Å²) in [5.41, 5.74) is 2.20. The molecule has 1 aromatic carbocycles. The SMILES string of the molecule is COC(=O)c1nc2c(N(C)C)nc(N(C)C)nc2n1Cc1ccccc1. The summed E-state index contributed by atoms with van der Waals surface area (Å²) in [6.07, 6.45) is 0.